The number of methoxy groups -OCH3 is 1. The molecular weight excluding hydrogens is 562 g/mol. The molecule has 3 aromatic heterocycles. The molecular formula is C34H34ClN5O3. The van der Waals surface area contributed by atoms with E-state index < -0.39 is 5.79 Å². The maximum Gasteiger partial charge on any atom is 0.163 e. The first kappa shape index (κ1) is 26.9. The van der Waals surface area contributed by atoms with E-state index in [1.807, 2.05) is 38.1 Å². The van der Waals surface area contributed by atoms with Gasteiger partial charge in [0, 0.05) is 23.5 Å². The van der Waals surface area contributed by atoms with Crippen LogP contribution in [0.25, 0.3) is 21.9 Å². The highest BCUT2D eigenvalue weighted by Gasteiger charge is 2.75. The van der Waals surface area contributed by atoms with Crippen LogP contribution in [0.5, 0.6) is 5.75 Å². The standard InChI is InChI=1S/C34H34ClN5O3/c1-33(2)42-29-28(40-15-13-24-31(35)37-19-38-32(24)40)25-17-34(25,30(29)43-33)14-12-20-4-7-22-8-11-27(39-26(22)16-20)36-18-21-5-9-23(41-3)10-6-21/h4-11,13,15-16,19,25,28-30H,12,14,17-18H2,1-3H3,(H,36,39)/t25-,28-,29+,30+,34+/m1/s1. The summed E-state index contributed by atoms with van der Waals surface area (Å²) >= 11 is 6.40. The molecule has 0 unspecified atom stereocenters. The molecule has 2 saturated carbocycles. The van der Waals surface area contributed by atoms with Gasteiger partial charge in [-0.1, -0.05) is 35.9 Å². The van der Waals surface area contributed by atoms with Gasteiger partial charge in [-0.2, -0.15) is 0 Å². The lowest BCUT2D eigenvalue weighted by atomic mass is 9.91. The van der Waals surface area contributed by atoms with Crippen molar-refractivity contribution in [2.45, 2.75) is 63.7 Å². The van der Waals surface area contributed by atoms with Gasteiger partial charge in [0.2, 0.25) is 0 Å². The van der Waals surface area contributed by atoms with E-state index in [1.54, 1.807) is 7.11 Å². The fourth-order valence-corrected chi connectivity index (χ4v) is 7.73. The van der Waals surface area contributed by atoms with Crippen LogP contribution in [0, 0.1) is 11.3 Å². The molecule has 3 fully saturated rings. The maximum absolute atomic E-state index is 6.62. The zero-order valence-corrected chi connectivity index (χ0v) is 25.2. The average Bonchev–Trinajstić information content (AvgIpc) is 3.26. The SMILES string of the molecule is COc1ccc(CNc2ccc3ccc(CC[C@]45C[C@@H]4[C@@H](n4ccc6c(Cl)ncnc64)[C@@H]4OC(C)(C)O[C@@H]45)cc3n2)cc1. The van der Waals surface area contributed by atoms with Crippen molar-refractivity contribution in [3.05, 3.63) is 89.5 Å². The lowest BCUT2D eigenvalue weighted by Crippen LogP contribution is -2.32. The second-order valence-electron chi connectivity index (χ2n) is 12.6. The summed E-state index contributed by atoms with van der Waals surface area (Å²) in [5.41, 5.74) is 4.39. The van der Waals surface area contributed by atoms with Crippen LogP contribution in [-0.2, 0) is 22.4 Å². The number of hydrogen-bond acceptors (Lipinski definition) is 7. The van der Waals surface area contributed by atoms with Crippen molar-refractivity contribution in [2.24, 2.45) is 11.3 Å². The first-order valence-electron chi connectivity index (χ1n) is 14.9. The number of anilines is 1. The van der Waals surface area contributed by atoms with Gasteiger partial charge in [0.15, 0.2) is 5.79 Å². The fraction of sp³-hybridized carbons (Fsp3) is 0.382. The van der Waals surface area contributed by atoms with Crippen LogP contribution >= 0.6 is 11.6 Å². The summed E-state index contributed by atoms with van der Waals surface area (Å²) in [6.45, 7) is 4.74. The molecule has 5 aromatic rings. The third-order valence-corrected chi connectivity index (χ3v) is 9.97. The summed E-state index contributed by atoms with van der Waals surface area (Å²) in [5, 5.41) is 5.95. The molecule has 5 atom stereocenters. The zero-order chi connectivity index (χ0) is 29.3. The number of halogens is 1. The minimum absolute atomic E-state index is 0.0318. The molecule has 1 aliphatic heterocycles. The highest BCUT2D eigenvalue weighted by atomic mass is 35.5. The monoisotopic (exact) mass is 595 g/mol. The molecule has 0 bridgehead atoms. The van der Waals surface area contributed by atoms with Gasteiger partial charge in [0.05, 0.1) is 30.2 Å². The quantitative estimate of drug-likeness (QED) is 0.194. The Kier molecular flexibility index (Phi) is 6.19. The number of pyridine rings is 1. The molecule has 0 spiro atoms. The Morgan fingerprint density at radius 3 is 2.67 bits per heavy atom. The molecule has 2 aliphatic carbocycles. The maximum atomic E-state index is 6.62. The summed E-state index contributed by atoms with van der Waals surface area (Å²) in [5.74, 6) is 1.56. The number of rotatable bonds is 8. The Bertz CT molecular complexity index is 1840. The van der Waals surface area contributed by atoms with Crippen LogP contribution in [0.4, 0.5) is 5.82 Å². The van der Waals surface area contributed by atoms with Crippen molar-refractivity contribution in [3.8, 4) is 5.75 Å². The normalized spacial score (nSPS) is 26.9. The highest BCUT2D eigenvalue weighted by molar-refractivity contribution is 6.33. The topological polar surface area (TPSA) is 83.3 Å². The van der Waals surface area contributed by atoms with Crippen molar-refractivity contribution in [2.75, 3.05) is 12.4 Å². The molecule has 3 aliphatic rings. The van der Waals surface area contributed by atoms with Gasteiger partial charge >= 0.3 is 0 Å². The van der Waals surface area contributed by atoms with Gasteiger partial charge < -0.3 is 24.1 Å². The van der Waals surface area contributed by atoms with Crippen molar-refractivity contribution >= 4 is 39.4 Å². The first-order valence-corrected chi connectivity index (χ1v) is 15.3. The summed E-state index contributed by atoms with van der Waals surface area (Å²) in [4.78, 5) is 13.7. The lowest BCUT2D eigenvalue weighted by Gasteiger charge is -2.24. The Hall–Kier alpha value is -3.72. The number of benzene rings is 2. The summed E-state index contributed by atoms with van der Waals surface area (Å²) in [7, 11) is 1.68. The molecule has 8 nitrogen and oxygen atoms in total. The Morgan fingerprint density at radius 2 is 1.84 bits per heavy atom. The molecule has 0 radical (unpaired) electrons. The molecule has 1 saturated heterocycles. The van der Waals surface area contributed by atoms with E-state index in [0.717, 1.165) is 52.8 Å². The summed E-state index contributed by atoms with van der Waals surface area (Å²) < 4.78 is 20.7. The first-order chi connectivity index (χ1) is 20.8. The third kappa shape index (κ3) is 4.55. The van der Waals surface area contributed by atoms with E-state index in [4.69, 9.17) is 30.8 Å². The summed E-state index contributed by atoms with van der Waals surface area (Å²) in [6, 6.07) is 21.1. The minimum atomic E-state index is -0.619. The van der Waals surface area contributed by atoms with Gasteiger partial charge in [0.1, 0.15) is 34.8 Å². The molecule has 4 heterocycles. The van der Waals surface area contributed by atoms with E-state index >= 15 is 0 Å². The predicted molar refractivity (Wildman–Crippen MR) is 166 cm³/mol. The van der Waals surface area contributed by atoms with Crippen molar-refractivity contribution in [1.82, 2.24) is 19.5 Å². The van der Waals surface area contributed by atoms with Crippen molar-refractivity contribution in [3.63, 3.8) is 0 Å². The average molecular weight is 596 g/mol. The number of nitrogens with zero attached hydrogens (tertiary/aromatic N) is 4. The van der Waals surface area contributed by atoms with E-state index in [-0.39, 0.29) is 23.7 Å². The number of aryl methyl sites for hydroxylation is 1. The Labute approximate surface area is 255 Å². The third-order valence-electron chi connectivity index (χ3n) is 9.67. The highest BCUT2D eigenvalue weighted by Crippen LogP contribution is 2.73. The fourth-order valence-electron chi connectivity index (χ4n) is 7.54. The van der Waals surface area contributed by atoms with Gasteiger partial charge in [-0.3, -0.25) is 0 Å². The van der Waals surface area contributed by atoms with E-state index in [2.05, 4.69) is 62.4 Å². The number of aromatic nitrogens is 4. The van der Waals surface area contributed by atoms with Crippen molar-refractivity contribution in [1.29, 1.82) is 0 Å². The number of fused-ring (bicyclic) bond motifs is 5. The van der Waals surface area contributed by atoms with Crippen molar-refractivity contribution < 1.29 is 14.2 Å². The van der Waals surface area contributed by atoms with E-state index in [1.165, 1.54) is 17.5 Å². The molecule has 1 N–H and O–H groups in total. The van der Waals surface area contributed by atoms with Gasteiger partial charge in [0.25, 0.3) is 0 Å². The Balaban J connectivity index is 1.02. The number of hydrogen-bond donors (Lipinski definition) is 1. The van der Waals surface area contributed by atoms with Crippen LogP contribution in [0.15, 0.2) is 73.2 Å². The van der Waals surface area contributed by atoms with Crippen LogP contribution in [0.2, 0.25) is 5.15 Å². The number of nitrogens with one attached hydrogen (secondary N) is 1. The van der Waals surface area contributed by atoms with E-state index in [9.17, 15) is 0 Å². The minimum Gasteiger partial charge on any atom is -0.497 e. The molecule has 0 amide bonds. The molecule has 43 heavy (non-hydrogen) atoms. The molecule has 9 heteroatoms. The van der Waals surface area contributed by atoms with Crippen LogP contribution in [0.1, 0.15) is 43.9 Å². The van der Waals surface area contributed by atoms with Crippen LogP contribution in [0.3, 0.4) is 0 Å². The van der Waals surface area contributed by atoms with Gasteiger partial charge in [-0.25, -0.2) is 15.0 Å². The van der Waals surface area contributed by atoms with Crippen LogP contribution in [-0.4, -0.2) is 44.6 Å². The van der Waals surface area contributed by atoms with Crippen LogP contribution < -0.4 is 10.1 Å². The van der Waals surface area contributed by atoms with E-state index in [0.29, 0.717) is 17.6 Å². The second kappa shape index (κ2) is 9.91. The molecule has 8 rings (SSSR count). The predicted octanol–water partition coefficient (Wildman–Crippen LogP) is 6.97. The smallest absolute Gasteiger partial charge is 0.163 e. The number of ether oxygens (including phenoxy) is 3. The molecule has 220 valence electrons. The largest absolute Gasteiger partial charge is 0.497 e. The molecule has 2 aromatic carbocycles. The summed E-state index contributed by atoms with van der Waals surface area (Å²) in [6.07, 6.45) is 6.74. The van der Waals surface area contributed by atoms with Gasteiger partial charge in [-0.05, 0) is 86.6 Å². The second-order valence-corrected chi connectivity index (χ2v) is 13.0. The lowest BCUT2D eigenvalue weighted by molar-refractivity contribution is -0.161. The van der Waals surface area contributed by atoms with Gasteiger partial charge in [-0.15, -0.1) is 0 Å². The Morgan fingerprint density at radius 1 is 1.02 bits per heavy atom. The zero-order valence-electron chi connectivity index (χ0n) is 24.5.